The molecule has 2 amide bonds. The molecule has 2 N–H and O–H groups in total. The topological polar surface area (TPSA) is 108 Å². The third kappa shape index (κ3) is 4.22. The van der Waals surface area contributed by atoms with Crippen molar-refractivity contribution in [2.24, 2.45) is 0 Å². The first-order valence-electron chi connectivity index (χ1n) is 9.69. The van der Waals surface area contributed by atoms with E-state index in [1.54, 1.807) is 25.3 Å². The zero-order valence-electron chi connectivity index (χ0n) is 17.0. The minimum Gasteiger partial charge on any atom is -0.495 e. The van der Waals surface area contributed by atoms with Crippen molar-refractivity contribution in [2.75, 3.05) is 37.0 Å². The van der Waals surface area contributed by atoms with Crippen LogP contribution >= 0.6 is 11.6 Å². The first-order chi connectivity index (χ1) is 14.9. The van der Waals surface area contributed by atoms with Crippen molar-refractivity contribution in [3.63, 3.8) is 0 Å². The molecule has 0 saturated carbocycles. The molecule has 0 aliphatic carbocycles. The standard InChI is InChI=1S/C21H21ClN4O5/c1-12-11-25(7-8-26(12)14-4-6-17(30-2)15(22)10-14)20(28)19(27)23-13-3-5-16-18(9-13)31-21(29)24-16/h3-6,9-10,12H,7-8,11H2,1-2H3,(H,23,27)(H,24,29)/t12-/m1/s1. The highest BCUT2D eigenvalue weighted by molar-refractivity contribution is 6.39. The summed E-state index contributed by atoms with van der Waals surface area (Å²) < 4.78 is 10.2. The zero-order valence-corrected chi connectivity index (χ0v) is 17.7. The second kappa shape index (κ2) is 8.35. The van der Waals surface area contributed by atoms with Gasteiger partial charge in [0.1, 0.15) is 5.75 Å². The van der Waals surface area contributed by atoms with Crippen LogP contribution in [0.25, 0.3) is 11.1 Å². The number of anilines is 2. The van der Waals surface area contributed by atoms with Crippen LogP contribution in [0, 0.1) is 0 Å². The van der Waals surface area contributed by atoms with Gasteiger partial charge in [0.05, 0.1) is 17.6 Å². The van der Waals surface area contributed by atoms with Gasteiger partial charge in [-0.15, -0.1) is 0 Å². The molecule has 2 aromatic carbocycles. The molecular weight excluding hydrogens is 424 g/mol. The Morgan fingerprint density at radius 3 is 2.74 bits per heavy atom. The van der Waals surface area contributed by atoms with Gasteiger partial charge < -0.3 is 24.3 Å². The summed E-state index contributed by atoms with van der Waals surface area (Å²) in [6.07, 6.45) is 0. The molecular formula is C21H21ClN4O5. The number of nitrogens with zero attached hydrogens (tertiary/aromatic N) is 2. The maximum atomic E-state index is 12.7. The Hall–Kier alpha value is -3.46. The highest BCUT2D eigenvalue weighted by Gasteiger charge is 2.30. The van der Waals surface area contributed by atoms with E-state index in [9.17, 15) is 14.4 Å². The summed E-state index contributed by atoms with van der Waals surface area (Å²) in [5.74, 6) is -1.35. The van der Waals surface area contributed by atoms with E-state index in [1.165, 1.54) is 11.0 Å². The molecule has 0 spiro atoms. The van der Waals surface area contributed by atoms with Gasteiger partial charge in [-0.1, -0.05) is 11.6 Å². The number of aromatic nitrogens is 1. The van der Waals surface area contributed by atoms with Crippen molar-refractivity contribution >= 4 is 45.9 Å². The fourth-order valence-corrected chi connectivity index (χ4v) is 3.96. The van der Waals surface area contributed by atoms with Crippen molar-refractivity contribution in [2.45, 2.75) is 13.0 Å². The Morgan fingerprint density at radius 1 is 1.23 bits per heavy atom. The lowest BCUT2D eigenvalue weighted by Crippen LogP contribution is -2.55. The van der Waals surface area contributed by atoms with E-state index in [0.717, 1.165) is 5.69 Å². The molecule has 0 bridgehead atoms. The van der Waals surface area contributed by atoms with E-state index in [0.29, 0.717) is 47.2 Å². The number of rotatable bonds is 3. The van der Waals surface area contributed by atoms with Gasteiger partial charge >= 0.3 is 17.6 Å². The van der Waals surface area contributed by atoms with Crippen LogP contribution in [0.15, 0.2) is 45.6 Å². The molecule has 0 unspecified atom stereocenters. The molecule has 1 atom stereocenters. The lowest BCUT2D eigenvalue weighted by atomic mass is 10.1. The van der Waals surface area contributed by atoms with Crippen molar-refractivity contribution in [1.82, 2.24) is 9.88 Å². The smallest absolute Gasteiger partial charge is 0.417 e. The SMILES string of the molecule is COc1ccc(N2CCN(C(=O)C(=O)Nc3ccc4[nH]c(=O)oc4c3)C[C@H]2C)cc1Cl. The highest BCUT2D eigenvalue weighted by atomic mass is 35.5. The van der Waals surface area contributed by atoms with E-state index < -0.39 is 17.6 Å². The lowest BCUT2D eigenvalue weighted by molar-refractivity contribution is -0.143. The van der Waals surface area contributed by atoms with E-state index in [4.69, 9.17) is 20.8 Å². The summed E-state index contributed by atoms with van der Waals surface area (Å²) in [7, 11) is 1.56. The van der Waals surface area contributed by atoms with Crippen molar-refractivity contribution in [3.05, 3.63) is 52.0 Å². The Balaban J connectivity index is 1.40. The number of amides is 2. The summed E-state index contributed by atoms with van der Waals surface area (Å²) in [5, 5.41) is 3.08. The zero-order chi connectivity index (χ0) is 22.1. The third-order valence-electron chi connectivity index (χ3n) is 5.25. The van der Waals surface area contributed by atoms with Gasteiger partial charge in [-0.25, -0.2) is 4.79 Å². The fraction of sp³-hybridized carbons (Fsp3) is 0.286. The average molecular weight is 445 g/mol. The summed E-state index contributed by atoms with van der Waals surface area (Å²) in [4.78, 5) is 42.6. The molecule has 0 radical (unpaired) electrons. The number of hydrogen-bond donors (Lipinski definition) is 2. The molecule has 1 aliphatic heterocycles. The van der Waals surface area contributed by atoms with Crippen LogP contribution in [0.3, 0.4) is 0 Å². The molecule has 10 heteroatoms. The number of benzene rings is 2. The van der Waals surface area contributed by atoms with E-state index in [-0.39, 0.29) is 6.04 Å². The molecule has 3 aromatic rings. The summed E-state index contributed by atoms with van der Waals surface area (Å²) in [5.41, 5.74) is 2.11. The monoisotopic (exact) mass is 444 g/mol. The summed E-state index contributed by atoms with van der Waals surface area (Å²) in [6, 6.07) is 10.2. The average Bonchev–Trinajstić information content (AvgIpc) is 3.12. The maximum absolute atomic E-state index is 12.7. The van der Waals surface area contributed by atoms with Gasteiger partial charge in [-0.05, 0) is 37.3 Å². The lowest BCUT2D eigenvalue weighted by Gasteiger charge is -2.41. The quantitative estimate of drug-likeness (QED) is 0.601. The number of piperazine rings is 1. The molecule has 31 heavy (non-hydrogen) atoms. The maximum Gasteiger partial charge on any atom is 0.417 e. The number of ether oxygens (including phenoxy) is 1. The minimum absolute atomic E-state index is 0.0135. The largest absolute Gasteiger partial charge is 0.495 e. The molecule has 1 aliphatic rings. The number of oxazole rings is 1. The summed E-state index contributed by atoms with van der Waals surface area (Å²) >= 11 is 6.24. The number of methoxy groups -OCH3 is 1. The highest BCUT2D eigenvalue weighted by Crippen LogP contribution is 2.31. The number of nitrogens with one attached hydrogen (secondary N) is 2. The number of aromatic amines is 1. The Morgan fingerprint density at radius 2 is 2.03 bits per heavy atom. The number of halogens is 1. The molecule has 1 saturated heterocycles. The minimum atomic E-state index is -0.745. The second-order valence-corrected chi connectivity index (χ2v) is 7.70. The molecule has 1 fully saturated rings. The number of carbonyl (C=O) groups excluding carboxylic acids is 2. The molecule has 1 aromatic heterocycles. The molecule has 2 heterocycles. The van der Waals surface area contributed by atoms with Gasteiger partial charge in [-0.2, -0.15) is 0 Å². The number of hydrogen-bond acceptors (Lipinski definition) is 6. The van der Waals surface area contributed by atoms with Gasteiger partial charge in [0.25, 0.3) is 0 Å². The number of fused-ring (bicyclic) bond motifs is 1. The van der Waals surface area contributed by atoms with Crippen molar-refractivity contribution < 1.29 is 18.7 Å². The van der Waals surface area contributed by atoms with Crippen LogP contribution in [-0.2, 0) is 9.59 Å². The van der Waals surface area contributed by atoms with Crippen molar-refractivity contribution in [3.8, 4) is 5.75 Å². The number of H-pyrrole nitrogens is 1. The van der Waals surface area contributed by atoms with Crippen LogP contribution in [-0.4, -0.2) is 54.5 Å². The first kappa shape index (κ1) is 20.8. The third-order valence-corrected chi connectivity index (χ3v) is 5.55. The van der Waals surface area contributed by atoms with E-state index in [2.05, 4.69) is 15.2 Å². The predicted octanol–water partition coefficient (Wildman–Crippen LogP) is 2.46. The summed E-state index contributed by atoms with van der Waals surface area (Å²) in [6.45, 7) is 3.33. The molecule has 9 nitrogen and oxygen atoms in total. The Bertz CT molecular complexity index is 1200. The van der Waals surface area contributed by atoms with E-state index >= 15 is 0 Å². The Kier molecular flexibility index (Phi) is 5.60. The van der Waals surface area contributed by atoms with Crippen LogP contribution in [0.5, 0.6) is 5.75 Å². The van der Waals surface area contributed by atoms with Gasteiger partial charge in [0.2, 0.25) is 0 Å². The molecule has 4 rings (SSSR count). The number of carbonyl (C=O) groups is 2. The van der Waals surface area contributed by atoms with Gasteiger partial charge in [-0.3, -0.25) is 14.6 Å². The Labute approximate surface area is 182 Å². The first-order valence-corrected chi connectivity index (χ1v) is 10.1. The van der Waals surface area contributed by atoms with E-state index in [1.807, 2.05) is 19.1 Å². The molecule has 162 valence electrons. The second-order valence-electron chi connectivity index (χ2n) is 7.29. The van der Waals surface area contributed by atoms with Crippen LogP contribution in [0.4, 0.5) is 11.4 Å². The predicted molar refractivity (Wildman–Crippen MR) is 117 cm³/mol. The van der Waals surface area contributed by atoms with Crippen molar-refractivity contribution in [1.29, 1.82) is 0 Å². The van der Waals surface area contributed by atoms with Crippen LogP contribution in [0.1, 0.15) is 6.92 Å². The van der Waals surface area contributed by atoms with Crippen LogP contribution in [0.2, 0.25) is 5.02 Å². The normalized spacial score (nSPS) is 16.4. The van der Waals surface area contributed by atoms with Crippen LogP contribution < -0.4 is 20.7 Å². The van der Waals surface area contributed by atoms with Gasteiger partial charge in [0.15, 0.2) is 5.58 Å². The fourth-order valence-electron chi connectivity index (χ4n) is 3.71. The van der Waals surface area contributed by atoms with Gasteiger partial charge in [0, 0.05) is 43.1 Å².